The number of nitrogens with zero attached hydrogens (tertiary/aromatic N) is 1. The van der Waals surface area contributed by atoms with Crippen LogP contribution in [-0.4, -0.2) is 19.9 Å². The van der Waals surface area contributed by atoms with Crippen LogP contribution in [0.25, 0.3) is 0 Å². The Hall–Kier alpha value is -1.61. The van der Waals surface area contributed by atoms with Crippen molar-refractivity contribution in [3.05, 3.63) is 54.1 Å². The number of methoxy groups -OCH3 is 1. The molecule has 0 bridgehead atoms. The first-order chi connectivity index (χ1) is 11.3. The fourth-order valence-corrected chi connectivity index (χ4v) is 3.00. The molecule has 0 saturated heterocycles. The number of benzene rings is 2. The SMILES string of the molecule is CCCCCN(Cc1ccc(SC)cc1)c1ccc(OC)cc1. The van der Waals surface area contributed by atoms with E-state index in [0.717, 1.165) is 18.8 Å². The summed E-state index contributed by atoms with van der Waals surface area (Å²) >= 11 is 1.79. The summed E-state index contributed by atoms with van der Waals surface area (Å²) < 4.78 is 5.27. The van der Waals surface area contributed by atoms with E-state index in [1.807, 2.05) is 12.1 Å². The molecule has 0 heterocycles. The van der Waals surface area contributed by atoms with Gasteiger partial charge >= 0.3 is 0 Å². The molecule has 0 N–H and O–H groups in total. The first-order valence-corrected chi connectivity index (χ1v) is 9.51. The van der Waals surface area contributed by atoms with Crippen LogP contribution in [0, 0.1) is 0 Å². The van der Waals surface area contributed by atoms with Crippen molar-refractivity contribution in [1.29, 1.82) is 0 Å². The van der Waals surface area contributed by atoms with E-state index >= 15 is 0 Å². The summed E-state index contributed by atoms with van der Waals surface area (Å²) in [6.07, 6.45) is 5.87. The second-order valence-electron chi connectivity index (χ2n) is 5.67. The molecule has 23 heavy (non-hydrogen) atoms. The molecular formula is C20H27NOS. The molecule has 0 unspecified atom stereocenters. The van der Waals surface area contributed by atoms with Crippen LogP contribution in [0.2, 0.25) is 0 Å². The summed E-state index contributed by atoms with van der Waals surface area (Å²) in [5, 5.41) is 0. The quantitative estimate of drug-likeness (QED) is 0.438. The molecule has 3 heteroatoms. The third kappa shape index (κ3) is 5.51. The molecule has 0 amide bonds. The Kier molecular flexibility index (Phi) is 7.34. The highest BCUT2D eigenvalue weighted by molar-refractivity contribution is 7.98. The zero-order valence-corrected chi connectivity index (χ0v) is 15.2. The molecule has 0 fully saturated rings. The Morgan fingerprint density at radius 3 is 2.22 bits per heavy atom. The summed E-state index contributed by atoms with van der Waals surface area (Å²) in [4.78, 5) is 3.78. The van der Waals surface area contributed by atoms with Crippen LogP contribution in [-0.2, 0) is 6.54 Å². The number of anilines is 1. The maximum atomic E-state index is 5.27. The minimum Gasteiger partial charge on any atom is -0.497 e. The van der Waals surface area contributed by atoms with Gasteiger partial charge in [-0.05, 0) is 54.6 Å². The van der Waals surface area contributed by atoms with Crippen LogP contribution in [0.5, 0.6) is 5.75 Å². The van der Waals surface area contributed by atoms with E-state index in [4.69, 9.17) is 4.74 Å². The number of rotatable bonds is 9. The summed E-state index contributed by atoms with van der Waals surface area (Å²) in [7, 11) is 1.71. The normalized spacial score (nSPS) is 10.6. The van der Waals surface area contributed by atoms with E-state index < -0.39 is 0 Å². The third-order valence-corrected chi connectivity index (χ3v) is 4.75. The van der Waals surface area contributed by atoms with E-state index in [0.29, 0.717) is 0 Å². The molecule has 2 nitrogen and oxygen atoms in total. The number of thioether (sulfide) groups is 1. The van der Waals surface area contributed by atoms with Crippen molar-refractivity contribution < 1.29 is 4.74 Å². The minimum absolute atomic E-state index is 0.909. The van der Waals surface area contributed by atoms with Gasteiger partial charge in [-0.1, -0.05) is 31.9 Å². The maximum absolute atomic E-state index is 5.27. The molecular weight excluding hydrogens is 302 g/mol. The fraction of sp³-hybridized carbons (Fsp3) is 0.400. The van der Waals surface area contributed by atoms with Crippen molar-refractivity contribution in [2.75, 3.05) is 24.8 Å². The van der Waals surface area contributed by atoms with Crippen LogP contribution >= 0.6 is 11.8 Å². The number of hydrogen-bond acceptors (Lipinski definition) is 3. The minimum atomic E-state index is 0.909. The van der Waals surface area contributed by atoms with Gasteiger partial charge in [-0.2, -0.15) is 0 Å². The topological polar surface area (TPSA) is 12.5 Å². The zero-order chi connectivity index (χ0) is 16.5. The van der Waals surface area contributed by atoms with Gasteiger partial charge in [-0.3, -0.25) is 0 Å². The summed E-state index contributed by atoms with van der Waals surface area (Å²) in [5.74, 6) is 0.909. The van der Waals surface area contributed by atoms with E-state index in [1.54, 1.807) is 18.9 Å². The summed E-state index contributed by atoms with van der Waals surface area (Å²) in [5.41, 5.74) is 2.62. The van der Waals surface area contributed by atoms with Gasteiger partial charge in [0, 0.05) is 23.7 Å². The van der Waals surface area contributed by atoms with Gasteiger partial charge in [0.15, 0.2) is 0 Å². The maximum Gasteiger partial charge on any atom is 0.119 e. The Morgan fingerprint density at radius 2 is 1.65 bits per heavy atom. The van der Waals surface area contributed by atoms with Crippen molar-refractivity contribution in [3.8, 4) is 5.75 Å². The fourth-order valence-electron chi connectivity index (χ4n) is 2.60. The number of ether oxygens (including phenoxy) is 1. The number of hydrogen-bond donors (Lipinski definition) is 0. The lowest BCUT2D eigenvalue weighted by Crippen LogP contribution is -2.23. The lowest BCUT2D eigenvalue weighted by atomic mass is 10.1. The molecule has 124 valence electrons. The van der Waals surface area contributed by atoms with E-state index in [2.05, 4.69) is 54.5 Å². The van der Waals surface area contributed by atoms with Crippen molar-refractivity contribution in [3.63, 3.8) is 0 Å². The van der Waals surface area contributed by atoms with E-state index in [-0.39, 0.29) is 0 Å². The van der Waals surface area contributed by atoms with E-state index in [9.17, 15) is 0 Å². The molecule has 2 aromatic rings. The first kappa shape index (κ1) is 17.7. The monoisotopic (exact) mass is 329 g/mol. The highest BCUT2D eigenvalue weighted by Gasteiger charge is 2.08. The van der Waals surface area contributed by atoms with Gasteiger partial charge in [0.25, 0.3) is 0 Å². The summed E-state index contributed by atoms with van der Waals surface area (Å²) in [6, 6.07) is 17.3. The largest absolute Gasteiger partial charge is 0.497 e. The molecule has 0 radical (unpaired) electrons. The Balaban J connectivity index is 2.11. The van der Waals surface area contributed by atoms with Gasteiger partial charge in [-0.25, -0.2) is 0 Å². The Morgan fingerprint density at radius 1 is 0.957 bits per heavy atom. The molecule has 0 spiro atoms. The average Bonchev–Trinajstić information content (AvgIpc) is 2.62. The molecule has 0 saturated carbocycles. The summed E-state index contributed by atoms with van der Waals surface area (Å²) in [6.45, 7) is 4.29. The predicted octanol–water partition coefficient (Wildman–Crippen LogP) is 5.61. The third-order valence-electron chi connectivity index (χ3n) is 4.00. The molecule has 0 aliphatic carbocycles. The number of unbranched alkanes of at least 4 members (excludes halogenated alkanes) is 2. The highest BCUT2D eigenvalue weighted by atomic mass is 32.2. The molecule has 2 aromatic carbocycles. The molecule has 0 aromatic heterocycles. The van der Waals surface area contributed by atoms with Crippen molar-refractivity contribution in [2.45, 2.75) is 37.6 Å². The second kappa shape index (κ2) is 9.51. The van der Waals surface area contributed by atoms with Gasteiger partial charge in [-0.15, -0.1) is 11.8 Å². The molecule has 0 atom stereocenters. The zero-order valence-electron chi connectivity index (χ0n) is 14.4. The molecule has 0 aliphatic heterocycles. The molecule has 2 rings (SSSR count). The van der Waals surface area contributed by atoms with Gasteiger partial charge < -0.3 is 9.64 Å². The van der Waals surface area contributed by atoms with Crippen LogP contribution < -0.4 is 9.64 Å². The van der Waals surface area contributed by atoms with Gasteiger partial charge in [0.1, 0.15) is 5.75 Å². The highest BCUT2D eigenvalue weighted by Crippen LogP contribution is 2.23. The Labute approximate surface area is 144 Å². The lowest BCUT2D eigenvalue weighted by Gasteiger charge is -2.25. The lowest BCUT2D eigenvalue weighted by molar-refractivity contribution is 0.415. The first-order valence-electron chi connectivity index (χ1n) is 8.28. The predicted molar refractivity (Wildman–Crippen MR) is 102 cm³/mol. The van der Waals surface area contributed by atoms with Crippen LogP contribution in [0.4, 0.5) is 5.69 Å². The van der Waals surface area contributed by atoms with Crippen LogP contribution in [0.15, 0.2) is 53.4 Å². The molecule has 0 aliphatic rings. The Bertz CT molecular complexity index is 565. The van der Waals surface area contributed by atoms with Crippen LogP contribution in [0.3, 0.4) is 0 Å². The van der Waals surface area contributed by atoms with Crippen molar-refractivity contribution in [1.82, 2.24) is 0 Å². The van der Waals surface area contributed by atoms with Crippen molar-refractivity contribution >= 4 is 17.4 Å². The van der Waals surface area contributed by atoms with Gasteiger partial charge in [0.2, 0.25) is 0 Å². The standard InChI is InChI=1S/C20H27NOS/c1-4-5-6-15-21(18-9-11-19(22-2)12-10-18)16-17-7-13-20(23-3)14-8-17/h7-14H,4-6,15-16H2,1-3H3. The average molecular weight is 330 g/mol. The van der Waals surface area contributed by atoms with Gasteiger partial charge in [0.05, 0.1) is 7.11 Å². The van der Waals surface area contributed by atoms with E-state index in [1.165, 1.54) is 35.4 Å². The van der Waals surface area contributed by atoms with Crippen LogP contribution in [0.1, 0.15) is 31.7 Å². The smallest absolute Gasteiger partial charge is 0.119 e. The van der Waals surface area contributed by atoms with Crippen molar-refractivity contribution in [2.24, 2.45) is 0 Å². The second-order valence-corrected chi connectivity index (χ2v) is 6.55.